The molecule has 0 aliphatic heterocycles. The maximum Gasteiger partial charge on any atom is 0.253 e. The van der Waals surface area contributed by atoms with Crippen LogP contribution in [0.3, 0.4) is 0 Å². The van der Waals surface area contributed by atoms with Gasteiger partial charge in [0, 0.05) is 19.2 Å². The van der Waals surface area contributed by atoms with E-state index >= 15 is 0 Å². The number of hydrogen-bond donors (Lipinski definition) is 0. The molecule has 1 amide bonds. The van der Waals surface area contributed by atoms with Gasteiger partial charge in [0.2, 0.25) is 0 Å². The van der Waals surface area contributed by atoms with E-state index in [9.17, 15) is 9.18 Å². The van der Waals surface area contributed by atoms with Crippen molar-refractivity contribution in [3.8, 4) is 6.07 Å². The molecular weight excluding hydrogens is 255 g/mol. The Morgan fingerprint density at radius 3 is 2.30 bits per heavy atom. The average molecular weight is 268 g/mol. The number of halogens is 1. The zero-order valence-corrected chi connectivity index (χ0v) is 11.0. The third kappa shape index (κ3) is 3.21. The van der Waals surface area contributed by atoms with Gasteiger partial charge >= 0.3 is 0 Å². The van der Waals surface area contributed by atoms with E-state index in [1.165, 1.54) is 12.1 Å². The van der Waals surface area contributed by atoms with Gasteiger partial charge in [-0.05, 0) is 42.0 Å². The smallest absolute Gasteiger partial charge is 0.253 e. The quantitative estimate of drug-likeness (QED) is 0.859. The molecule has 0 fully saturated rings. The first-order chi connectivity index (χ1) is 9.60. The van der Waals surface area contributed by atoms with E-state index in [1.807, 2.05) is 6.07 Å². The maximum absolute atomic E-state index is 12.8. The Morgan fingerprint density at radius 2 is 1.75 bits per heavy atom. The lowest BCUT2D eigenvalue weighted by molar-refractivity contribution is 0.0785. The molecule has 0 N–H and O–H groups in total. The van der Waals surface area contributed by atoms with Crippen LogP contribution in [0.2, 0.25) is 0 Å². The molecule has 0 saturated heterocycles. The maximum atomic E-state index is 12.8. The van der Waals surface area contributed by atoms with E-state index in [-0.39, 0.29) is 11.7 Å². The van der Waals surface area contributed by atoms with Gasteiger partial charge < -0.3 is 4.90 Å². The highest BCUT2D eigenvalue weighted by molar-refractivity contribution is 5.94. The van der Waals surface area contributed by atoms with E-state index in [1.54, 1.807) is 48.3 Å². The minimum atomic E-state index is -0.296. The van der Waals surface area contributed by atoms with Gasteiger partial charge in [-0.25, -0.2) is 4.39 Å². The Bertz CT molecular complexity index is 642. The Labute approximate surface area is 116 Å². The van der Waals surface area contributed by atoms with Gasteiger partial charge in [0.05, 0.1) is 11.6 Å². The molecule has 0 aromatic heterocycles. The van der Waals surface area contributed by atoms with Crippen LogP contribution in [0.15, 0.2) is 48.5 Å². The fraction of sp³-hybridized carbons (Fsp3) is 0.125. The van der Waals surface area contributed by atoms with E-state index < -0.39 is 0 Å². The second-order valence-electron chi connectivity index (χ2n) is 4.48. The molecule has 0 spiro atoms. The Kier molecular flexibility index (Phi) is 4.11. The summed E-state index contributed by atoms with van der Waals surface area (Å²) in [5, 5.41) is 8.72. The largest absolute Gasteiger partial charge is 0.337 e. The Balaban J connectivity index is 2.08. The molecule has 0 atom stereocenters. The predicted molar refractivity (Wildman–Crippen MR) is 73.4 cm³/mol. The molecule has 3 nitrogen and oxygen atoms in total. The second-order valence-corrected chi connectivity index (χ2v) is 4.48. The van der Waals surface area contributed by atoms with Gasteiger partial charge in [0.25, 0.3) is 5.91 Å². The molecule has 100 valence electrons. The summed E-state index contributed by atoms with van der Waals surface area (Å²) < 4.78 is 12.8. The predicted octanol–water partition coefficient (Wildman–Crippen LogP) is 2.97. The number of carbonyl (C=O) groups is 1. The highest BCUT2D eigenvalue weighted by Gasteiger charge is 2.11. The molecule has 20 heavy (non-hydrogen) atoms. The number of amides is 1. The first-order valence-electron chi connectivity index (χ1n) is 6.10. The minimum Gasteiger partial charge on any atom is -0.337 e. The first kappa shape index (κ1) is 13.8. The van der Waals surface area contributed by atoms with Gasteiger partial charge in [-0.15, -0.1) is 0 Å². The monoisotopic (exact) mass is 268 g/mol. The lowest BCUT2D eigenvalue weighted by Crippen LogP contribution is -2.26. The van der Waals surface area contributed by atoms with Crippen LogP contribution in [0.1, 0.15) is 21.5 Å². The molecule has 0 bridgehead atoms. The summed E-state index contributed by atoms with van der Waals surface area (Å²) >= 11 is 0. The van der Waals surface area contributed by atoms with Gasteiger partial charge in [0.15, 0.2) is 0 Å². The van der Waals surface area contributed by atoms with Crippen LogP contribution in [0, 0.1) is 17.1 Å². The summed E-state index contributed by atoms with van der Waals surface area (Å²) in [4.78, 5) is 13.7. The summed E-state index contributed by atoms with van der Waals surface area (Å²) in [7, 11) is 1.68. The first-order valence-corrected chi connectivity index (χ1v) is 6.10. The number of hydrogen-bond acceptors (Lipinski definition) is 2. The number of carbonyl (C=O) groups excluding carboxylic acids is 1. The fourth-order valence-electron chi connectivity index (χ4n) is 1.84. The lowest BCUT2D eigenvalue weighted by atomic mass is 10.1. The van der Waals surface area contributed by atoms with E-state index in [4.69, 9.17) is 5.26 Å². The topological polar surface area (TPSA) is 44.1 Å². The van der Waals surface area contributed by atoms with Crippen molar-refractivity contribution in [2.75, 3.05) is 7.05 Å². The van der Waals surface area contributed by atoms with Crippen LogP contribution in [0.25, 0.3) is 0 Å². The van der Waals surface area contributed by atoms with E-state index in [0.717, 1.165) is 5.56 Å². The highest BCUT2D eigenvalue weighted by Crippen LogP contribution is 2.10. The van der Waals surface area contributed by atoms with Crippen molar-refractivity contribution in [3.05, 3.63) is 71.0 Å². The summed E-state index contributed by atoms with van der Waals surface area (Å²) in [6, 6.07) is 14.5. The summed E-state index contributed by atoms with van der Waals surface area (Å²) in [6.07, 6.45) is 0. The van der Waals surface area contributed by atoms with Crippen molar-refractivity contribution in [2.45, 2.75) is 6.54 Å². The third-order valence-electron chi connectivity index (χ3n) is 2.94. The summed E-state index contributed by atoms with van der Waals surface area (Å²) in [6.45, 7) is 0.402. The van der Waals surface area contributed by atoms with Gasteiger partial charge in [-0.3, -0.25) is 4.79 Å². The van der Waals surface area contributed by atoms with Crippen molar-refractivity contribution >= 4 is 5.91 Å². The van der Waals surface area contributed by atoms with Crippen LogP contribution < -0.4 is 0 Å². The van der Waals surface area contributed by atoms with Crippen molar-refractivity contribution < 1.29 is 9.18 Å². The van der Waals surface area contributed by atoms with Crippen molar-refractivity contribution in [2.24, 2.45) is 0 Å². The minimum absolute atomic E-state index is 0.140. The van der Waals surface area contributed by atoms with Gasteiger partial charge in [0.1, 0.15) is 5.82 Å². The molecule has 2 aromatic rings. The SMILES string of the molecule is CN(Cc1ccc(F)cc1)C(=O)c1ccc(C#N)cc1. The van der Waals surface area contributed by atoms with Crippen molar-refractivity contribution in [3.63, 3.8) is 0 Å². The summed E-state index contributed by atoms with van der Waals surface area (Å²) in [5.74, 6) is -0.436. The molecule has 0 radical (unpaired) electrons. The molecule has 0 unspecified atom stereocenters. The molecular formula is C16H13FN2O. The zero-order chi connectivity index (χ0) is 14.5. The van der Waals surface area contributed by atoms with E-state index in [0.29, 0.717) is 17.7 Å². The lowest BCUT2D eigenvalue weighted by Gasteiger charge is -2.17. The number of rotatable bonds is 3. The molecule has 2 aromatic carbocycles. The van der Waals surface area contributed by atoms with Gasteiger partial charge in [-0.2, -0.15) is 5.26 Å². The third-order valence-corrected chi connectivity index (χ3v) is 2.94. The molecule has 4 heteroatoms. The highest BCUT2D eigenvalue weighted by atomic mass is 19.1. The van der Waals surface area contributed by atoms with Crippen LogP contribution in [0.4, 0.5) is 4.39 Å². The molecule has 0 saturated carbocycles. The Hall–Kier alpha value is -2.67. The second kappa shape index (κ2) is 5.98. The molecule has 0 aliphatic rings. The zero-order valence-electron chi connectivity index (χ0n) is 11.0. The standard InChI is InChI=1S/C16H13FN2O/c1-19(11-13-4-8-15(17)9-5-13)16(20)14-6-2-12(10-18)3-7-14/h2-9H,11H2,1H3. The average Bonchev–Trinajstić information content (AvgIpc) is 2.49. The summed E-state index contributed by atoms with van der Waals surface area (Å²) in [5.41, 5.74) is 1.90. The van der Waals surface area contributed by atoms with E-state index in [2.05, 4.69) is 0 Å². The normalized spacial score (nSPS) is 9.85. The fourth-order valence-corrected chi connectivity index (χ4v) is 1.84. The van der Waals surface area contributed by atoms with Crippen molar-refractivity contribution in [1.82, 2.24) is 4.90 Å². The number of benzene rings is 2. The number of nitriles is 1. The molecule has 0 heterocycles. The van der Waals surface area contributed by atoms with Crippen molar-refractivity contribution in [1.29, 1.82) is 5.26 Å². The van der Waals surface area contributed by atoms with Gasteiger partial charge in [-0.1, -0.05) is 12.1 Å². The van der Waals surface area contributed by atoms with Crippen LogP contribution in [-0.4, -0.2) is 17.9 Å². The molecule has 2 rings (SSSR count). The van der Waals surface area contributed by atoms with Crippen LogP contribution in [-0.2, 0) is 6.54 Å². The number of nitrogens with zero attached hydrogens (tertiary/aromatic N) is 2. The van der Waals surface area contributed by atoms with Crippen LogP contribution in [0.5, 0.6) is 0 Å². The Morgan fingerprint density at radius 1 is 1.15 bits per heavy atom. The van der Waals surface area contributed by atoms with Crippen LogP contribution >= 0.6 is 0 Å². The molecule has 0 aliphatic carbocycles.